The normalized spacial score (nSPS) is 20.3. The smallest absolute Gasteiger partial charge is 0.123 e. The maximum Gasteiger partial charge on any atom is 0.123 e. The lowest BCUT2D eigenvalue weighted by Gasteiger charge is -2.16. The van der Waals surface area contributed by atoms with Crippen molar-refractivity contribution in [1.82, 2.24) is 0 Å². The summed E-state index contributed by atoms with van der Waals surface area (Å²) in [6.45, 7) is 0.849. The summed E-state index contributed by atoms with van der Waals surface area (Å²) in [4.78, 5) is 0. The molecule has 0 aromatic heterocycles. The molecule has 0 bridgehead atoms. The molecule has 0 N–H and O–H groups in total. The van der Waals surface area contributed by atoms with Crippen LogP contribution in [0.4, 0.5) is 0 Å². The molecule has 1 heterocycles. The van der Waals surface area contributed by atoms with Crippen molar-refractivity contribution >= 4 is 31.9 Å². The van der Waals surface area contributed by atoms with Gasteiger partial charge in [-0.3, -0.25) is 0 Å². The summed E-state index contributed by atoms with van der Waals surface area (Å²) < 4.78 is 6.95. The maximum atomic E-state index is 5.76. The Morgan fingerprint density at radius 3 is 3.07 bits per heavy atom. The number of alkyl halides is 1. The van der Waals surface area contributed by atoms with Crippen LogP contribution in [0.5, 0.6) is 5.75 Å². The Balaban J connectivity index is 2.37. The highest BCUT2D eigenvalue weighted by Crippen LogP contribution is 2.40. The van der Waals surface area contributed by atoms with E-state index in [9.17, 15) is 0 Å². The van der Waals surface area contributed by atoms with Crippen LogP contribution in [0.25, 0.3) is 0 Å². The monoisotopic (exact) mass is 332 g/mol. The average molecular weight is 334 g/mol. The Morgan fingerprint density at radius 2 is 2.27 bits per heavy atom. The molecule has 3 heteroatoms. The largest absolute Gasteiger partial charge is 0.493 e. The molecule has 0 spiro atoms. The van der Waals surface area contributed by atoms with E-state index >= 15 is 0 Å². The van der Waals surface area contributed by atoms with Gasteiger partial charge in [-0.1, -0.05) is 37.9 Å². The van der Waals surface area contributed by atoms with Gasteiger partial charge in [-0.25, -0.2) is 0 Å². The van der Waals surface area contributed by atoms with Gasteiger partial charge in [0.1, 0.15) is 5.75 Å². The van der Waals surface area contributed by atoms with E-state index in [4.69, 9.17) is 4.74 Å². The van der Waals surface area contributed by atoms with Gasteiger partial charge in [-0.05, 0) is 37.3 Å². The second-order valence-corrected chi connectivity index (χ2v) is 5.46. The minimum atomic E-state index is 0.623. The molecule has 2 rings (SSSR count). The van der Waals surface area contributed by atoms with Crippen LogP contribution in [0.15, 0.2) is 22.7 Å². The number of fused-ring (bicyclic) bond motifs is 1. The van der Waals surface area contributed by atoms with E-state index in [0.717, 1.165) is 24.1 Å². The van der Waals surface area contributed by atoms with Crippen molar-refractivity contribution in [2.45, 2.75) is 25.2 Å². The van der Waals surface area contributed by atoms with Crippen LogP contribution >= 0.6 is 31.9 Å². The van der Waals surface area contributed by atoms with Crippen molar-refractivity contribution in [2.24, 2.45) is 0 Å². The predicted molar refractivity (Wildman–Crippen MR) is 70.0 cm³/mol. The Hall–Kier alpha value is -0.0200. The highest BCUT2D eigenvalue weighted by molar-refractivity contribution is 9.10. The molecule has 82 valence electrons. The summed E-state index contributed by atoms with van der Waals surface area (Å²) in [6.07, 6.45) is 3.55. The molecule has 1 unspecified atom stereocenters. The van der Waals surface area contributed by atoms with Crippen LogP contribution < -0.4 is 4.74 Å². The number of benzene rings is 1. The number of ether oxygens (including phenoxy) is 1. The first-order valence-electron chi connectivity index (χ1n) is 5.30. The minimum absolute atomic E-state index is 0.623. The van der Waals surface area contributed by atoms with Gasteiger partial charge in [0, 0.05) is 15.4 Å². The van der Waals surface area contributed by atoms with Crippen LogP contribution in [-0.4, -0.2) is 11.9 Å². The van der Waals surface area contributed by atoms with E-state index in [-0.39, 0.29) is 0 Å². The first kappa shape index (κ1) is 11.5. The fourth-order valence-electron chi connectivity index (χ4n) is 2.12. The van der Waals surface area contributed by atoms with Gasteiger partial charge in [0.15, 0.2) is 0 Å². The molecule has 1 atom stereocenters. The standard InChI is InChI=1S/C12H14Br2O/c13-7-6-9-3-2-8-15-11-5-1-4-10(14)12(9)11/h1,4-5,9H,2-3,6-8H2. The minimum Gasteiger partial charge on any atom is -0.493 e. The fourth-order valence-corrected chi connectivity index (χ4v) is 3.34. The average Bonchev–Trinajstić information content (AvgIpc) is 2.42. The molecule has 0 fully saturated rings. The van der Waals surface area contributed by atoms with Gasteiger partial charge < -0.3 is 4.74 Å². The Bertz CT molecular complexity index is 338. The number of halogens is 2. The molecule has 0 saturated carbocycles. The third kappa shape index (κ3) is 2.56. The number of hydrogen-bond acceptors (Lipinski definition) is 1. The first-order valence-corrected chi connectivity index (χ1v) is 7.21. The first-order chi connectivity index (χ1) is 7.33. The molecule has 1 aromatic rings. The SMILES string of the molecule is BrCCC1CCCOc2cccc(Br)c21. The van der Waals surface area contributed by atoms with E-state index in [1.165, 1.54) is 22.9 Å². The molecular weight excluding hydrogens is 320 g/mol. The zero-order valence-corrected chi connectivity index (χ0v) is 11.7. The maximum absolute atomic E-state index is 5.76. The third-order valence-electron chi connectivity index (χ3n) is 2.83. The summed E-state index contributed by atoms with van der Waals surface area (Å²) in [5, 5.41) is 1.05. The molecular formula is C12H14Br2O. The lowest BCUT2D eigenvalue weighted by molar-refractivity contribution is 0.316. The Kier molecular flexibility index (Phi) is 4.09. The Labute approximate surface area is 107 Å². The van der Waals surface area contributed by atoms with Gasteiger partial charge in [0.25, 0.3) is 0 Å². The van der Waals surface area contributed by atoms with Crippen LogP contribution in [0.2, 0.25) is 0 Å². The molecule has 1 aromatic carbocycles. The summed E-state index contributed by atoms with van der Waals surface area (Å²) in [7, 11) is 0. The van der Waals surface area contributed by atoms with E-state index in [1.54, 1.807) is 0 Å². The predicted octanol–water partition coefficient (Wildman–Crippen LogP) is 4.49. The third-order valence-corrected chi connectivity index (χ3v) is 3.98. The van der Waals surface area contributed by atoms with Gasteiger partial charge in [-0.2, -0.15) is 0 Å². The van der Waals surface area contributed by atoms with Gasteiger partial charge in [-0.15, -0.1) is 0 Å². The summed E-state index contributed by atoms with van der Waals surface area (Å²) in [5.74, 6) is 1.69. The molecule has 0 aliphatic carbocycles. The van der Waals surface area contributed by atoms with E-state index in [0.29, 0.717) is 5.92 Å². The Morgan fingerprint density at radius 1 is 1.40 bits per heavy atom. The summed E-state index contributed by atoms with van der Waals surface area (Å²) >= 11 is 7.16. The van der Waals surface area contributed by atoms with Gasteiger partial charge in [0.2, 0.25) is 0 Å². The van der Waals surface area contributed by atoms with Gasteiger partial charge in [0.05, 0.1) is 6.61 Å². The van der Waals surface area contributed by atoms with Crippen molar-refractivity contribution in [3.63, 3.8) is 0 Å². The summed E-state index contributed by atoms with van der Waals surface area (Å²) in [6, 6.07) is 6.22. The second-order valence-electron chi connectivity index (χ2n) is 3.82. The topological polar surface area (TPSA) is 9.23 Å². The van der Waals surface area contributed by atoms with Crippen LogP contribution in [0.3, 0.4) is 0 Å². The van der Waals surface area contributed by atoms with E-state index in [2.05, 4.69) is 44.0 Å². The number of hydrogen-bond donors (Lipinski definition) is 0. The van der Waals surface area contributed by atoms with Crippen molar-refractivity contribution in [3.05, 3.63) is 28.2 Å². The van der Waals surface area contributed by atoms with Crippen molar-refractivity contribution in [2.75, 3.05) is 11.9 Å². The summed E-state index contributed by atoms with van der Waals surface area (Å²) in [5.41, 5.74) is 1.36. The van der Waals surface area contributed by atoms with Crippen molar-refractivity contribution in [1.29, 1.82) is 0 Å². The van der Waals surface area contributed by atoms with Crippen molar-refractivity contribution < 1.29 is 4.74 Å². The van der Waals surface area contributed by atoms with Crippen LogP contribution in [0.1, 0.15) is 30.7 Å². The van der Waals surface area contributed by atoms with Crippen LogP contribution in [-0.2, 0) is 0 Å². The molecule has 1 aliphatic rings. The molecule has 1 aliphatic heterocycles. The van der Waals surface area contributed by atoms with Crippen molar-refractivity contribution in [3.8, 4) is 5.75 Å². The molecule has 15 heavy (non-hydrogen) atoms. The molecule has 1 nitrogen and oxygen atoms in total. The highest BCUT2D eigenvalue weighted by atomic mass is 79.9. The fraction of sp³-hybridized carbons (Fsp3) is 0.500. The zero-order valence-electron chi connectivity index (χ0n) is 8.51. The zero-order chi connectivity index (χ0) is 10.7. The van der Waals surface area contributed by atoms with E-state index < -0.39 is 0 Å². The molecule has 0 amide bonds. The van der Waals surface area contributed by atoms with E-state index in [1.807, 2.05) is 6.07 Å². The molecule has 0 saturated heterocycles. The molecule has 0 radical (unpaired) electrons. The lowest BCUT2D eigenvalue weighted by atomic mass is 9.92. The highest BCUT2D eigenvalue weighted by Gasteiger charge is 2.21. The quantitative estimate of drug-likeness (QED) is 0.724. The second kappa shape index (κ2) is 5.35. The van der Waals surface area contributed by atoms with Gasteiger partial charge >= 0.3 is 0 Å². The lowest BCUT2D eigenvalue weighted by Crippen LogP contribution is -2.00. The van der Waals surface area contributed by atoms with Crippen LogP contribution in [0, 0.1) is 0 Å². The number of rotatable bonds is 2.